The predicted octanol–water partition coefficient (Wildman–Crippen LogP) is 2.34. The van der Waals surface area contributed by atoms with Gasteiger partial charge in [-0.1, -0.05) is 36.4 Å². The van der Waals surface area contributed by atoms with Gasteiger partial charge in [0.05, 0.1) is 12.5 Å². The average molecular weight is 461 g/mol. The minimum absolute atomic E-state index is 0.0809. The fourth-order valence-electron chi connectivity index (χ4n) is 4.89. The molecule has 1 saturated carbocycles. The van der Waals surface area contributed by atoms with Gasteiger partial charge in [0, 0.05) is 30.4 Å². The van der Waals surface area contributed by atoms with Crippen LogP contribution in [0.4, 0.5) is 5.69 Å². The minimum Gasteiger partial charge on any atom is -0.345 e. The maximum atomic E-state index is 13.1. The Balaban J connectivity index is 1.19. The van der Waals surface area contributed by atoms with Crippen LogP contribution in [0.2, 0.25) is 0 Å². The zero-order valence-electron chi connectivity index (χ0n) is 18.9. The second-order valence-electron chi connectivity index (χ2n) is 9.19. The third-order valence-corrected chi connectivity index (χ3v) is 6.79. The van der Waals surface area contributed by atoms with Gasteiger partial charge in [0.15, 0.2) is 0 Å². The fraction of sp³-hybridized carbons (Fsp3) is 0.385. The molecule has 2 aromatic carbocycles. The van der Waals surface area contributed by atoms with Crippen molar-refractivity contribution in [2.24, 2.45) is 5.92 Å². The maximum Gasteiger partial charge on any atom is 0.255 e. The highest BCUT2D eigenvalue weighted by atomic mass is 16.2. The first-order chi connectivity index (χ1) is 16.5. The highest BCUT2D eigenvalue weighted by Crippen LogP contribution is 2.41. The summed E-state index contributed by atoms with van der Waals surface area (Å²) in [5.41, 5.74) is 1.99. The first kappa shape index (κ1) is 22.1. The van der Waals surface area contributed by atoms with E-state index in [0.717, 1.165) is 24.9 Å². The van der Waals surface area contributed by atoms with Crippen molar-refractivity contribution in [2.45, 2.75) is 37.8 Å². The number of anilines is 1. The summed E-state index contributed by atoms with van der Waals surface area (Å²) in [6.07, 6.45) is 3.23. The van der Waals surface area contributed by atoms with Gasteiger partial charge in [-0.25, -0.2) is 0 Å². The molecule has 0 radical (unpaired) electrons. The van der Waals surface area contributed by atoms with Crippen molar-refractivity contribution in [1.29, 1.82) is 0 Å². The molecule has 1 aliphatic carbocycles. The third kappa shape index (κ3) is 4.40. The summed E-state index contributed by atoms with van der Waals surface area (Å²) in [4.78, 5) is 54.8. The van der Waals surface area contributed by atoms with Gasteiger partial charge < -0.3 is 20.4 Å². The number of carbonyl (C=O) groups is 4. The van der Waals surface area contributed by atoms with Crippen LogP contribution in [0, 0.1) is 5.92 Å². The Morgan fingerprint density at radius 3 is 2.41 bits per heavy atom. The van der Waals surface area contributed by atoms with E-state index in [9.17, 15) is 19.2 Å². The van der Waals surface area contributed by atoms with Crippen LogP contribution >= 0.6 is 0 Å². The molecule has 2 heterocycles. The Bertz CT molecular complexity index is 1110. The second kappa shape index (κ2) is 9.29. The Labute approximate surface area is 198 Å². The van der Waals surface area contributed by atoms with Crippen LogP contribution in [0.3, 0.4) is 0 Å². The molecule has 2 atom stereocenters. The zero-order chi connectivity index (χ0) is 23.7. The Morgan fingerprint density at radius 2 is 1.65 bits per heavy atom. The van der Waals surface area contributed by atoms with Crippen LogP contribution in [0.25, 0.3) is 0 Å². The SMILES string of the molecule is O=C(Nc1ccccc1)C1CCCN(C(=O)CNC(=O)C2c3ccccc3C(=O)N2C2CC2)C1. The van der Waals surface area contributed by atoms with Crippen molar-refractivity contribution in [2.75, 3.05) is 25.0 Å². The van der Waals surface area contributed by atoms with E-state index in [1.807, 2.05) is 42.5 Å². The summed E-state index contributed by atoms with van der Waals surface area (Å²) in [5, 5.41) is 5.66. The monoisotopic (exact) mass is 460 g/mol. The molecule has 2 aromatic rings. The Hall–Kier alpha value is -3.68. The summed E-state index contributed by atoms with van der Waals surface area (Å²) >= 11 is 0. The van der Waals surface area contributed by atoms with Crippen LogP contribution in [0.15, 0.2) is 54.6 Å². The van der Waals surface area contributed by atoms with E-state index < -0.39 is 6.04 Å². The zero-order valence-corrected chi connectivity index (χ0v) is 18.9. The summed E-state index contributed by atoms with van der Waals surface area (Å²) in [6, 6.07) is 15.8. The number of amides is 4. The van der Waals surface area contributed by atoms with Crippen molar-refractivity contribution >= 4 is 29.3 Å². The molecule has 2 N–H and O–H groups in total. The van der Waals surface area contributed by atoms with Gasteiger partial charge in [-0.2, -0.15) is 0 Å². The van der Waals surface area contributed by atoms with Crippen molar-refractivity contribution in [3.8, 4) is 0 Å². The number of nitrogens with zero attached hydrogens (tertiary/aromatic N) is 2. The Morgan fingerprint density at radius 1 is 0.912 bits per heavy atom. The number of rotatable bonds is 6. The van der Waals surface area contributed by atoms with Gasteiger partial charge in [0.25, 0.3) is 5.91 Å². The molecule has 176 valence electrons. The van der Waals surface area contributed by atoms with E-state index in [2.05, 4.69) is 10.6 Å². The smallest absolute Gasteiger partial charge is 0.255 e. The van der Waals surface area contributed by atoms with Gasteiger partial charge in [-0.15, -0.1) is 0 Å². The first-order valence-electron chi connectivity index (χ1n) is 11.9. The molecule has 8 nitrogen and oxygen atoms in total. The third-order valence-electron chi connectivity index (χ3n) is 6.79. The standard InChI is InChI=1S/C26H28N4O4/c31-22(29-14-6-7-17(16-29)24(32)28-18-8-2-1-3-9-18)15-27-25(33)23-20-10-4-5-11-21(20)26(34)30(23)19-12-13-19/h1-5,8-11,17,19,23H,6-7,12-16H2,(H,27,33)(H,28,32). The minimum atomic E-state index is -0.699. The molecule has 8 heteroatoms. The maximum absolute atomic E-state index is 13.1. The van der Waals surface area contributed by atoms with Crippen LogP contribution in [0.5, 0.6) is 0 Å². The summed E-state index contributed by atoms with van der Waals surface area (Å²) < 4.78 is 0. The van der Waals surface area contributed by atoms with Crippen molar-refractivity contribution in [3.05, 3.63) is 65.7 Å². The molecule has 2 fully saturated rings. The number of likely N-dealkylation sites (tertiary alicyclic amines) is 1. The lowest BCUT2D eigenvalue weighted by atomic mass is 9.97. The van der Waals surface area contributed by atoms with Gasteiger partial charge in [-0.05, 0) is 49.4 Å². The molecular formula is C26H28N4O4. The molecule has 1 saturated heterocycles. The highest BCUT2D eigenvalue weighted by Gasteiger charge is 2.47. The number of benzene rings is 2. The normalized spacial score (nSPS) is 21.7. The molecule has 3 aliphatic rings. The fourth-order valence-corrected chi connectivity index (χ4v) is 4.89. The second-order valence-corrected chi connectivity index (χ2v) is 9.19. The molecule has 2 aliphatic heterocycles. The van der Waals surface area contributed by atoms with Gasteiger partial charge in [-0.3, -0.25) is 19.2 Å². The van der Waals surface area contributed by atoms with E-state index in [1.54, 1.807) is 21.9 Å². The van der Waals surface area contributed by atoms with Gasteiger partial charge >= 0.3 is 0 Å². The van der Waals surface area contributed by atoms with E-state index in [4.69, 9.17) is 0 Å². The van der Waals surface area contributed by atoms with E-state index in [0.29, 0.717) is 30.6 Å². The highest BCUT2D eigenvalue weighted by molar-refractivity contribution is 6.05. The van der Waals surface area contributed by atoms with Gasteiger partial charge in [0.2, 0.25) is 17.7 Å². The van der Waals surface area contributed by atoms with E-state index in [1.165, 1.54) is 0 Å². The van der Waals surface area contributed by atoms with E-state index >= 15 is 0 Å². The molecule has 34 heavy (non-hydrogen) atoms. The molecule has 4 amide bonds. The lowest BCUT2D eigenvalue weighted by molar-refractivity contribution is -0.136. The van der Waals surface area contributed by atoms with E-state index in [-0.39, 0.29) is 42.1 Å². The van der Waals surface area contributed by atoms with Crippen LogP contribution < -0.4 is 10.6 Å². The lowest BCUT2D eigenvalue weighted by Gasteiger charge is -2.32. The molecule has 2 unspecified atom stereocenters. The largest absolute Gasteiger partial charge is 0.345 e. The summed E-state index contributed by atoms with van der Waals surface area (Å²) in [6.45, 7) is 0.728. The van der Waals surface area contributed by atoms with Crippen molar-refractivity contribution < 1.29 is 19.2 Å². The number of hydrogen-bond donors (Lipinski definition) is 2. The van der Waals surface area contributed by atoms with Crippen molar-refractivity contribution in [1.82, 2.24) is 15.1 Å². The number of hydrogen-bond acceptors (Lipinski definition) is 4. The molecule has 5 rings (SSSR count). The van der Waals surface area contributed by atoms with Crippen LogP contribution in [-0.4, -0.2) is 59.1 Å². The lowest BCUT2D eigenvalue weighted by Crippen LogP contribution is -2.48. The summed E-state index contributed by atoms with van der Waals surface area (Å²) in [5.74, 6) is -1.07. The average Bonchev–Trinajstić information content (AvgIpc) is 3.66. The van der Waals surface area contributed by atoms with Crippen molar-refractivity contribution in [3.63, 3.8) is 0 Å². The number of nitrogens with one attached hydrogen (secondary N) is 2. The van der Waals surface area contributed by atoms with Crippen LogP contribution in [0.1, 0.15) is 47.6 Å². The number of piperidine rings is 1. The van der Waals surface area contributed by atoms with Crippen LogP contribution in [-0.2, 0) is 14.4 Å². The predicted molar refractivity (Wildman–Crippen MR) is 126 cm³/mol. The Kier molecular flexibility index (Phi) is 6.04. The first-order valence-corrected chi connectivity index (χ1v) is 11.9. The number of carbonyl (C=O) groups excluding carboxylic acids is 4. The van der Waals surface area contributed by atoms with Gasteiger partial charge in [0.1, 0.15) is 6.04 Å². The molecule has 0 aromatic heterocycles. The number of fused-ring (bicyclic) bond motifs is 1. The molecular weight excluding hydrogens is 432 g/mol. The molecule has 0 bridgehead atoms. The quantitative estimate of drug-likeness (QED) is 0.691. The number of para-hydroxylation sites is 1. The molecule has 0 spiro atoms. The summed E-state index contributed by atoms with van der Waals surface area (Å²) in [7, 11) is 0. The topological polar surface area (TPSA) is 98.8 Å².